The van der Waals surface area contributed by atoms with E-state index in [1.165, 1.54) is 0 Å². The molecule has 2 aromatic rings. The molecule has 0 bridgehead atoms. The molecule has 0 saturated carbocycles. The number of benzene rings is 2. The lowest BCUT2D eigenvalue weighted by Gasteiger charge is -2.11. The number of nitrogens with zero attached hydrogens (tertiary/aromatic N) is 1. The number of ether oxygens (including phenoxy) is 1. The minimum atomic E-state index is -4.67. The van der Waals surface area contributed by atoms with E-state index in [4.69, 9.17) is 16.3 Å². The van der Waals surface area contributed by atoms with Gasteiger partial charge in [-0.1, -0.05) is 11.6 Å². The normalized spacial score (nSPS) is 11.4. The molecule has 0 atom stereocenters. The second-order valence-electron chi connectivity index (χ2n) is 4.91. The van der Waals surface area contributed by atoms with Crippen LogP contribution < -0.4 is 4.74 Å². The highest BCUT2D eigenvalue weighted by atomic mass is 35.5. The second kappa shape index (κ2) is 6.08. The predicted octanol–water partition coefficient (Wildman–Crippen LogP) is 5.68. The zero-order valence-electron chi connectivity index (χ0n) is 12.1. The summed E-state index contributed by atoms with van der Waals surface area (Å²) in [4.78, 5) is 10.1. The van der Waals surface area contributed by atoms with Gasteiger partial charge in [-0.25, -0.2) is 0 Å². The van der Waals surface area contributed by atoms with Crippen LogP contribution in [0, 0.1) is 24.0 Å². The average Bonchev–Trinajstić information content (AvgIpc) is 2.43. The second-order valence-corrected chi connectivity index (χ2v) is 5.29. The van der Waals surface area contributed by atoms with Gasteiger partial charge in [0.25, 0.3) is 0 Å². The van der Waals surface area contributed by atoms with E-state index < -0.39 is 22.4 Å². The molecule has 0 radical (unpaired) electrons. The number of halogens is 4. The topological polar surface area (TPSA) is 52.4 Å². The van der Waals surface area contributed by atoms with Crippen molar-refractivity contribution >= 4 is 17.3 Å². The molecule has 0 saturated heterocycles. The smallest absolute Gasteiger partial charge is 0.416 e. The van der Waals surface area contributed by atoms with Crippen molar-refractivity contribution < 1.29 is 22.8 Å². The van der Waals surface area contributed by atoms with Crippen molar-refractivity contribution in [2.24, 2.45) is 0 Å². The highest BCUT2D eigenvalue weighted by Gasteiger charge is 2.33. The minimum Gasteiger partial charge on any atom is -0.450 e. The van der Waals surface area contributed by atoms with E-state index in [1.54, 1.807) is 26.0 Å². The molecule has 0 fully saturated rings. The molecule has 122 valence electrons. The van der Waals surface area contributed by atoms with Crippen LogP contribution in [0.15, 0.2) is 30.3 Å². The summed E-state index contributed by atoms with van der Waals surface area (Å²) in [6.45, 7) is 3.45. The molecule has 8 heteroatoms. The lowest BCUT2D eigenvalue weighted by Crippen LogP contribution is -2.06. The van der Waals surface area contributed by atoms with Gasteiger partial charge in [-0.2, -0.15) is 13.2 Å². The third-order valence-electron chi connectivity index (χ3n) is 3.12. The maximum absolute atomic E-state index is 12.7. The number of nitro benzene ring substituents is 1. The number of rotatable bonds is 3. The molecule has 0 aromatic heterocycles. The third kappa shape index (κ3) is 3.73. The third-order valence-corrected chi connectivity index (χ3v) is 3.72. The van der Waals surface area contributed by atoms with Crippen LogP contribution in [0.25, 0.3) is 0 Å². The minimum absolute atomic E-state index is 0.257. The Morgan fingerprint density at radius 1 is 1.13 bits per heavy atom. The molecule has 0 amide bonds. The Kier molecular flexibility index (Phi) is 4.51. The monoisotopic (exact) mass is 345 g/mol. The number of hydrogen-bond donors (Lipinski definition) is 0. The fraction of sp³-hybridized carbons (Fsp3) is 0.200. The first-order valence-electron chi connectivity index (χ1n) is 6.40. The van der Waals surface area contributed by atoms with Gasteiger partial charge in [-0.3, -0.25) is 10.1 Å². The van der Waals surface area contributed by atoms with Gasteiger partial charge in [0.1, 0.15) is 5.75 Å². The molecule has 23 heavy (non-hydrogen) atoms. The van der Waals surface area contributed by atoms with Crippen molar-refractivity contribution in [2.75, 3.05) is 0 Å². The van der Waals surface area contributed by atoms with Crippen molar-refractivity contribution in [3.8, 4) is 11.5 Å². The first kappa shape index (κ1) is 17.1. The number of nitro groups is 1. The van der Waals surface area contributed by atoms with Crippen LogP contribution in [0.2, 0.25) is 5.02 Å². The fourth-order valence-electron chi connectivity index (χ4n) is 2.01. The zero-order valence-corrected chi connectivity index (χ0v) is 12.8. The van der Waals surface area contributed by atoms with E-state index >= 15 is 0 Å². The van der Waals surface area contributed by atoms with Gasteiger partial charge in [0, 0.05) is 11.1 Å². The van der Waals surface area contributed by atoms with Crippen LogP contribution in [0.3, 0.4) is 0 Å². The molecule has 0 N–H and O–H groups in total. The molecule has 0 aliphatic rings. The average molecular weight is 346 g/mol. The maximum Gasteiger partial charge on any atom is 0.416 e. The lowest BCUT2D eigenvalue weighted by molar-refractivity contribution is -0.385. The summed E-state index contributed by atoms with van der Waals surface area (Å²) in [5.41, 5.74) is -0.488. The Labute approximate surface area is 134 Å². The zero-order chi connectivity index (χ0) is 17.4. The highest BCUT2D eigenvalue weighted by Crippen LogP contribution is 2.38. The van der Waals surface area contributed by atoms with Gasteiger partial charge < -0.3 is 4.74 Å². The Balaban J connectivity index is 2.46. The molecule has 0 aliphatic carbocycles. The van der Waals surface area contributed by atoms with E-state index in [-0.39, 0.29) is 11.5 Å². The van der Waals surface area contributed by atoms with Crippen molar-refractivity contribution in [2.45, 2.75) is 20.0 Å². The van der Waals surface area contributed by atoms with Gasteiger partial charge in [-0.15, -0.1) is 0 Å². The Bertz CT molecular complexity index is 752. The number of aryl methyl sites for hydroxylation is 2. The van der Waals surface area contributed by atoms with Crippen molar-refractivity contribution in [1.82, 2.24) is 0 Å². The molecule has 0 unspecified atom stereocenters. The summed E-state index contributed by atoms with van der Waals surface area (Å²) in [6.07, 6.45) is -4.67. The van der Waals surface area contributed by atoms with Crippen molar-refractivity contribution in [3.05, 3.63) is 62.2 Å². The van der Waals surface area contributed by atoms with Crippen LogP contribution in [0.4, 0.5) is 18.9 Å². The summed E-state index contributed by atoms with van der Waals surface area (Å²) in [5.74, 6) is -0.0172. The summed E-state index contributed by atoms with van der Waals surface area (Å²) in [5, 5.41) is 11.5. The largest absolute Gasteiger partial charge is 0.450 e. The predicted molar refractivity (Wildman–Crippen MR) is 79.1 cm³/mol. The summed E-state index contributed by atoms with van der Waals surface area (Å²) >= 11 is 6.02. The van der Waals surface area contributed by atoms with Crippen molar-refractivity contribution in [1.29, 1.82) is 0 Å². The lowest BCUT2D eigenvalue weighted by atomic mass is 10.1. The van der Waals surface area contributed by atoms with E-state index in [1.807, 2.05) is 0 Å². The summed E-state index contributed by atoms with van der Waals surface area (Å²) in [6, 6.07) is 5.22. The summed E-state index contributed by atoms with van der Waals surface area (Å²) in [7, 11) is 0. The van der Waals surface area contributed by atoms with Crippen LogP contribution in [0.1, 0.15) is 16.7 Å². The standard InChI is InChI=1S/C15H11ClF3NO3/c1-8-5-11(6-9(2)14(8)16)23-13-4-3-10(15(17,18)19)7-12(13)20(21)22/h3-7H,1-2H3. The van der Waals surface area contributed by atoms with Gasteiger partial charge in [0.05, 0.1) is 10.5 Å². The molecular weight excluding hydrogens is 335 g/mol. The first-order valence-corrected chi connectivity index (χ1v) is 6.77. The fourth-order valence-corrected chi connectivity index (χ4v) is 2.12. The Morgan fingerprint density at radius 3 is 2.17 bits per heavy atom. The quantitative estimate of drug-likeness (QED) is 0.531. The Morgan fingerprint density at radius 2 is 1.70 bits per heavy atom. The number of alkyl halides is 3. The van der Waals surface area contributed by atoms with Gasteiger partial charge in [0.15, 0.2) is 0 Å². The van der Waals surface area contributed by atoms with E-state index in [9.17, 15) is 23.3 Å². The molecule has 0 heterocycles. The molecule has 2 aromatic carbocycles. The van der Waals surface area contributed by atoms with E-state index in [0.29, 0.717) is 22.2 Å². The molecule has 0 spiro atoms. The molecule has 0 aliphatic heterocycles. The Hall–Kier alpha value is -2.28. The molecule has 4 nitrogen and oxygen atoms in total. The van der Waals surface area contributed by atoms with Crippen LogP contribution >= 0.6 is 11.6 Å². The van der Waals surface area contributed by atoms with E-state index in [0.717, 1.165) is 12.1 Å². The number of hydrogen-bond acceptors (Lipinski definition) is 3. The molecule has 2 rings (SSSR count). The van der Waals surface area contributed by atoms with Crippen molar-refractivity contribution in [3.63, 3.8) is 0 Å². The van der Waals surface area contributed by atoms with Gasteiger partial charge >= 0.3 is 11.9 Å². The SMILES string of the molecule is Cc1cc(Oc2ccc(C(F)(F)F)cc2[N+](=O)[O-])cc(C)c1Cl. The maximum atomic E-state index is 12.7. The van der Waals surface area contributed by atoms with Crippen LogP contribution in [0.5, 0.6) is 11.5 Å². The molecular formula is C15H11ClF3NO3. The van der Waals surface area contributed by atoms with Gasteiger partial charge in [0.2, 0.25) is 5.75 Å². The van der Waals surface area contributed by atoms with Crippen LogP contribution in [-0.4, -0.2) is 4.92 Å². The van der Waals surface area contributed by atoms with Gasteiger partial charge in [-0.05, 0) is 49.2 Å². The first-order chi connectivity index (χ1) is 10.6. The van der Waals surface area contributed by atoms with E-state index in [2.05, 4.69) is 0 Å². The van der Waals surface area contributed by atoms with Crippen LogP contribution in [-0.2, 0) is 6.18 Å². The summed E-state index contributed by atoms with van der Waals surface area (Å²) < 4.78 is 43.4. The highest BCUT2D eigenvalue weighted by molar-refractivity contribution is 6.32.